The summed E-state index contributed by atoms with van der Waals surface area (Å²) in [6.45, 7) is 6.00. The van der Waals surface area contributed by atoms with Crippen LogP contribution < -0.4 is 11.1 Å². The number of amides is 1. The van der Waals surface area contributed by atoms with Crippen LogP contribution in [0.3, 0.4) is 0 Å². The van der Waals surface area contributed by atoms with Crippen molar-refractivity contribution in [3.63, 3.8) is 0 Å². The molecule has 1 amide bonds. The van der Waals surface area contributed by atoms with Gasteiger partial charge in [-0.15, -0.1) is 0 Å². The second-order valence-corrected chi connectivity index (χ2v) is 6.68. The van der Waals surface area contributed by atoms with E-state index < -0.39 is 11.7 Å². The minimum Gasteiger partial charge on any atom is -0.444 e. The molecule has 6 heteroatoms. The lowest BCUT2D eigenvalue weighted by Crippen LogP contribution is -2.43. The lowest BCUT2D eigenvalue weighted by Gasteiger charge is -2.37. The third-order valence-electron chi connectivity index (χ3n) is 3.61. The number of nitrogens with zero attached hydrogens (tertiary/aromatic N) is 1. The molecule has 0 aliphatic heterocycles. The molecule has 1 fully saturated rings. The average molecular weight is 285 g/mol. The Balaban J connectivity index is 2.59. The Morgan fingerprint density at radius 2 is 1.95 bits per heavy atom. The van der Waals surface area contributed by atoms with Gasteiger partial charge in [0.25, 0.3) is 0 Å². The molecular weight excluding hydrogens is 258 g/mol. The summed E-state index contributed by atoms with van der Waals surface area (Å²) in [6.07, 6.45) is 5.44. The summed E-state index contributed by atoms with van der Waals surface area (Å²) in [5.41, 5.74) is 5.03. The maximum absolute atomic E-state index is 11.8. The second kappa shape index (κ2) is 6.81. The van der Waals surface area contributed by atoms with E-state index in [9.17, 15) is 4.79 Å². The van der Waals surface area contributed by atoms with Crippen molar-refractivity contribution in [2.45, 2.75) is 64.9 Å². The molecule has 0 heterocycles. The van der Waals surface area contributed by atoms with Crippen LogP contribution >= 0.6 is 0 Å². The molecule has 0 bridgehead atoms. The van der Waals surface area contributed by atoms with Crippen LogP contribution in [-0.2, 0) is 4.74 Å². The number of amidine groups is 1. The predicted octanol–water partition coefficient (Wildman–Crippen LogP) is 2.60. The van der Waals surface area contributed by atoms with Gasteiger partial charge in [-0.05, 0) is 39.0 Å². The summed E-state index contributed by atoms with van der Waals surface area (Å²) >= 11 is 0. The number of carbonyl (C=O) groups is 1. The van der Waals surface area contributed by atoms with Crippen LogP contribution in [0.5, 0.6) is 0 Å². The van der Waals surface area contributed by atoms with E-state index in [1.807, 2.05) is 20.8 Å². The van der Waals surface area contributed by atoms with E-state index in [2.05, 4.69) is 10.5 Å². The van der Waals surface area contributed by atoms with Gasteiger partial charge in [0.1, 0.15) is 11.4 Å². The van der Waals surface area contributed by atoms with E-state index in [-0.39, 0.29) is 11.3 Å². The highest BCUT2D eigenvalue weighted by atomic mass is 16.6. The molecule has 0 spiro atoms. The molecule has 1 saturated carbocycles. The molecular formula is C14H27N3O3. The molecule has 0 aromatic heterocycles. The Labute approximate surface area is 120 Å². The summed E-state index contributed by atoms with van der Waals surface area (Å²) < 4.78 is 5.24. The van der Waals surface area contributed by atoms with Crippen molar-refractivity contribution in [1.82, 2.24) is 5.32 Å². The van der Waals surface area contributed by atoms with Crippen molar-refractivity contribution in [3.05, 3.63) is 0 Å². The van der Waals surface area contributed by atoms with Crippen LogP contribution in [0.15, 0.2) is 5.16 Å². The van der Waals surface area contributed by atoms with E-state index in [0.717, 1.165) is 25.7 Å². The molecule has 1 aliphatic carbocycles. The molecule has 0 unspecified atom stereocenters. The van der Waals surface area contributed by atoms with Crippen LogP contribution in [0.1, 0.15) is 59.3 Å². The van der Waals surface area contributed by atoms with Gasteiger partial charge in [-0.25, -0.2) is 4.79 Å². The SMILES string of the molecule is CC(C)(C)OC(=O)NCC1(CC(N)=NO)CCCCC1. The van der Waals surface area contributed by atoms with Crippen molar-refractivity contribution in [1.29, 1.82) is 0 Å². The van der Waals surface area contributed by atoms with E-state index >= 15 is 0 Å². The number of nitrogens with two attached hydrogens (primary N) is 1. The standard InChI is InChI=1S/C14H27N3O3/c1-13(2,3)20-12(18)16-10-14(9-11(15)17-19)7-5-4-6-8-14/h19H,4-10H2,1-3H3,(H2,15,17)(H,16,18). The fraction of sp³-hybridized carbons (Fsp3) is 0.857. The number of hydrogen-bond donors (Lipinski definition) is 3. The third kappa shape index (κ3) is 5.67. The van der Waals surface area contributed by atoms with Crippen LogP contribution in [0, 0.1) is 5.41 Å². The Hall–Kier alpha value is -1.46. The summed E-state index contributed by atoms with van der Waals surface area (Å²) in [5, 5.41) is 14.7. The fourth-order valence-corrected chi connectivity index (χ4v) is 2.71. The molecule has 0 atom stereocenters. The lowest BCUT2D eigenvalue weighted by atomic mass is 9.71. The zero-order chi connectivity index (χ0) is 15.2. The Morgan fingerprint density at radius 3 is 2.45 bits per heavy atom. The first kappa shape index (κ1) is 16.6. The van der Waals surface area contributed by atoms with Crippen molar-refractivity contribution >= 4 is 11.9 Å². The fourth-order valence-electron chi connectivity index (χ4n) is 2.71. The topological polar surface area (TPSA) is 96.9 Å². The van der Waals surface area contributed by atoms with Gasteiger partial charge in [0.05, 0.1) is 0 Å². The molecule has 1 rings (SSSR count). The summed E-state index contributed by atoms with van der Waals surface area (Å²) in [6, 6.07) is 0. The monoisotopic (exact) mass is 285 g/mol. The summed E-state index contributed by atoms with van der Waals surface area (Å²) in [7, 11) is 0. The molecule has 0 aromatic rings. The molecule has 0 saturated heterocycles. The second-order valence-electron chi connectivity index (χ2n) is 6.68. The normalized spacial score (nSPS) is 19.4. The molecule has 20 heavy (non-hydrogen) atoms. The predicted molar refractivity (Wildman–Crippen MR) is 77.8 cm³/mol. The van der Waals surface area contributed by atoms with E-state index in [1.165, 1.54) is 6.42 Å². The van der Waals surface area contributed by atoms with E-state index in [0.29, 0.717) is 13.0 Å². The third-order valence-corrected chi connectivity index (χ3v) is 3.61. The van der Waals surface area contributed by atoms with Crippen LogP contribution in [0.2, 0.25) is 0 Å². The van der Waals surface area contributed by atoms with Gasteiger partial charge in [-0.3, -0.25) is 0 Å². The molecule has 0 radical (unpaired) electrons. The molecule has 1 aliphatic rings. The first-order valence-corrected chi connectivity index (χ1v) is 7.20. The smallest absolute Gasteiger partial charge is 0.407 e. The van der Waals surface area contributed by atoms with Crippen molar-refractivity contribution in [2.75, 3.05) is 6.54 Å². The zero-order valence-electron chi connectivity index (χ0n) is 12.7. The first-order valence-electron chi connectivity index (χ1n) is 7.20. The van der Waals surface area contributed by atoms with E-state index in [4.69, 9.17) is 15.7 Å². The Morgan fingerprint density at radius 1 is 1.35 bits per heavy atom. The first-order chi connectivity index (χ1) is 9.26. The van der Waals surface area contributed by atoms with Gasteiger partial charge in [0.15, 0.2) is 0 Å². The van der Waals surface area contributed by atoms with Gasteiger partial charge in [-0.1, -0.05) is 24.4 Å². The molecule has 6 nitrogen and oxygen atoms in total. The quantitative estimate of drug-likeness (QED) is 0.320. The zero-order valence-corrected chi connectivity index (χ0v) is 12.7. The minimum atomic E-state index is -0.505. The van der Waals surface area contributed by atoms with Crippen LogP contribution in [0.25, 0.3) is 0 Å². The van der Waals surface area contributed by atoms with Gasteiger partial charge < -0.3 is 21.0 Å². The van der Waals surface area contributed by atoms with Crippen LogP contribution in [-0.4, -0.2) is 29.3 Å². The van der Waals surface area contributed by atoms with Crippen molar-refractivity contribution < 1.29 is 14.7 Å². The summed E-state index contributed by atoms with van der Waals surface area (Å²) in [5.74, 6) is 0.220. The van der Waals surface area contributed by atoms with Gasteiger partial charge in [0.2, 0.25) is 0 Å². The maximum atomic E-state index is 11.8. The highest BCUT2D eigenvalue weighted by molar-refractivity contribution is 5.80. The summed E-state index contributed by atoms with van der Waals surface area (Å²) in [4.78, 5) is 11.8. The molecule has 0 aromatic carbocycles. The number of ether oxygens (including phenoxy) is 1. The largest absolute Gasteiger partial charge is 0.444 e. The van der Waals surface area contributed by atoms with E-state index in [1.54, 1.807) is 0 Å². The Bertz CT molecular complexity index is 355. The van der Waals surface area contributed by atoms with Crippen molar-refractivity contribution in [3.8, 4) is 0 Å². The number of alkyl carbamates (subject to hydrolysis) is 1. The Kier molecular flexibility index (Phi) is 5.65. The van der Waals surface area contributed by atoms with Gasteiger partial charge in [0, 0.05) is 13.0 Å². The highest BCUT2D eigenvalue weighted by Gasteiger charge is 2.34. The van der Waals surface area contributed by atoms with Gasteiger partial charge in [-0.2, -0.15) is 0 Å². The average Bonchev–Trinajstić information content (AvgIpc) is 2.35. The van der Waals surface area contributed by atoms with Crippen LogP contribution in [0.4, 0.5) is 4.79 Å². The number of nitrogens with one attached hydrogen (secondary N) is 1. The molecule has 4 N–H and O–H groups in total. The number of carbonyl (C=O) groups excluding carboxylic acids is 1. The van der Waals surface area contributed by atoms with Gasteiger partial charge >= 0.3 is 6.09 Å². The van der Waals surface area contributed by atoms with Crippen molar-refractivity contribution in [2.24, 2.45) is 16.3 Å². The lowest BCUT2D eigenvalue weighted by molar-refractivity contribution is 0.0485. The number of hydrogen-bond acceptors (Lipinski definition) is 4. The maximum Gasteiger partial charge on any atom is 0.407 e. The molecule has 116 valence electrons. The number of oxime groups is 1. The number of rotatable bonds is 4. The minimum absolute atomic E-state index is 0.120. The highest BCUT2D eigenvalue weighted by Crippen LogP contribution is 2.38.